The number of halogens is 1. The average Bonchev–Trinajstić information content (AvgIpc) is 2.26. The third-order valence-electron chi connectivity index (χ3n) is 1.59. The summed E-state index contributed by atoms with van der Waals surface area (Å²) in [7, 11) is 2.17. The van der Waals surface area contributed by atoms with Crippen LogP contribution in [0.15, 0.2) is 17.0 Å². The van der Waals surface area contributed by atoms with Crippen molar-refractivity contribution in [3.8, 4) is 6.07 Å². The van der Waals surface area contributed by atoms with Gasteiger partial charge in [0.05, 0.1) is 12.0 Å². The zero-order valence-electron chi connectivity index (χ0n) is 7.97. The predicted octanol–water partition coefficient (Wildman–Crippen LogP) is 0.667. The summed E-state index contributed by atoms with van der Waals surface area (Å²) in [5.74, 6) is -0.848. The molecule has 0 aromatic carbocycles. The molecule has 1 heterocycles. The van der Waals surface area contributed by atoms with Gasteiger partial charge in [-0.3, -0.25) is 0 Å². The van der Waals surface area contributed by atoms with Crippen molar-refractivity contribution in [1.29, 1.82) is 5.26 Å². The maximum absolute atomic E-state index is 11.1. The number of ether oxygens (including phenoxy) is 1. The lowest BCUT2D eigenvalue weighted by Crippen LogP contribution is -2.07. The van der Waals surface area contributed by atoms with Gasteiger partial charge in [0, 0.05) is 10.7 Å². The molecule has 0 amide bonds. The summed E-state index contributed by atoms with van der Waals surface area (Å²) in [6, 6.07) is 3.52. The zero-order chi connectivity index (χ0) is 12.3. The van der Waals surface area contributed by atoms with E-state index in [1.54, 1.807) is 6.07 Å². The number of nitriles is 1. The van der Waals surface area contributed by atoms with Crippen LogP contribution in [0.4, 0.5) is 0 Å². The van der Waals surface area contributed by atoms with E-state index in [2.05, 4.69) is 9.72 Å². The molecule has 0 atom stereocenters. The molecule has 16 heavy (non-hydrogen) atoms. The summed E-state index contributed by atoms with van der Waals surface area (Å²) >= 11 is 0. The van der Waals surface area contributed by atoms with Gasteiger partial charge in [-0.2, -0.15) is 5.26 Å². The summed E-state index contributed by atoms with van der Waals surface area (Å²) in [5.41, 5.74) is -0.525. The van der Waals surface area contributed by atoms with Crippen molar-refractivity contribution in [2.24, 2.45) is 0 Å². The van der Waals surface area contributed by atoms with E-state index in [1.165, 1.54) is 0 Å². The number of hydrogen-bond donors (Lipinski definition) is 0. The zero-order valence-corrected chi connectivity index (χ0v) is 9.54. The minimum atomic E-state index is -4.03. The lowest BCUT2D eigenvalue weighted by Gasteiger charge is -2.01. The summed E-state index contributed by atoms with van der Waals surface area (Å²) in [5, 5.41) is 8.60. The Morgan fingerprint density at radius 1 is 1.56 bits per heavy atom. The van der Waals surface area contributed by atoms with Gasteiger partial charge in [0.15, 0.2) is 5.69 Å². The van der Waals surface area contributed by atoms with E-state index >= 15 is 0 Å². The molecule has 0 saturated heterocycles. The smallest absolute Gasteiger partial charge is 0.356 e. The van der Waals surface area contributed by atoms with Crippen LogP contribution in [0.3, 0.4) is 0 Å². The number of carbonyl (C=O) groups is 1. The second-order valence-electron chi connectivity index (χ2n) is 2.61. The van der Waals surface area contributed by atoms with Crippen LogP contribution in [0.25, 0.3) is 0 Å². The maximum atomic E-state index is 11.1. The second kappa shape index (κ2) is 4.47. The monoisotopic (exact) mass is 260 g/mol. The molecule has 84 valence electrons. The molecule has 0 fully saturated rings. The van der Waals surface area contributed by atoms with Crippen molar-refractivity contribution in [1.82, 2.24) is 4.98 Å². The highest BCUT2D eigenvalue weighted by molar-refractivity contribution is 8.13. The number of nitrogens with zero attached hydrogens (tertiary/aromatic N) is 2. The number of carbonyl (C=O) groups excluding carboxylic acids is 1. The van der Waals surface area contributed by atoms with Crippen LogP contribution in [0.5, 0.6) is 0 Å². The Bertz CT molecular complexity index is 576. The molecular formula is C8H5ClN2O4S. The Morgan fingerprint density at radius 2 is 2.19 bits per heavy atom. The van der Waals surface area contributed by atoms with E-state index in [0.29, 0.717) is 0 Å². The van der Waals surface area contributed by atoms with Gasteiger partial charge in [0.2, 0.25) is 0 Å². The number of hydrogen-bond acceptors (Lipinski definition) is 6. The average molecular weight is 261 g/mol. The molecule has 0 spiro atoms. The van der Waals surface area contributed by atoms with E-state index in [1.807, 2.05) is 0 Å². The van der Waals surface area contributed by atoms with Crippen LogP contribution in [0, 0.1) is 11.3 Å². The van der Waals surface area contributed by atoms with Crippen molar-refractivity contribution in [3.05, 3.63) is 23.5 Å². The SMILES string of the molecule is COC(=O)c1cc(S(=O)(=O)Cl)cc(C#N)n1. The van der Waals surface area contributed by atoms with E-state index < -0.39 is 15.0 Å². The van der Waals surface area contributed by atoms with Crippen molar-refractivity contribution < 1.29 is 17.9 Å². The van der Waals surface area contributed by atoms with Crippen molar-refractivity contribution in [3.63, 3.8) is 0 Å². The second-order valence-corrected chi connectivity index (χ2v) is 5.18. The van der Waals surface area contributed by atoms with Gasteiger partial charge in [-0.1, -0.05) is 0 Å². The first-order chi connectivity index (χ1) is 7.38. The summed E-state index contributed by atoms with van der Waals surface area (Å²) < 4.78 is 26.4. The van der Waals surface area contributed by atoms with Gasteiger partial charge >= 0.3 is 5.97 Å². The third kappa shape index (κ3) is 2.68. The molecule has 0 unspecified atom stereocenters. The standard InChI is InChI=1S/C8H5ClN2O4S/c1-15-8(12)7-3-6(16(9,13)14)2-5(4-10)11-7/h2-3H,1H3. The van der Waals surface area contributed by atoms with Crippen LogP contribution in [-0.2, 0) is 13.8 Å². The van der Waals surface area contributed by atoms with Crippen LogP contribution in [0.1, 0.15) is 16.2 Å². The van der Waals surface area contributed by atoms with Gasteiger partial charge in [-0.15, -0.1) is 0 Å². The Kier molecular flexibility index (Phi) is 3.47. The first-order valence-corrected chi connectivity index (χ1v) is 6.14. The first-order valence-electron chi connectivity index (χ1n) is 3.83. The van der Waals surface area contributed by atoms with Gasteiger partial charge < -0.3 is 4.74 Å². The quantitative estimate of drug-likeness (QED) is 0.573. The van der Waals surface area contributed by atoms with Crippen molar-refractivity contribution in [2.45, 2.75) is 4.90 Å². The molecule has 0 aliphatic carbocycles. The third-order valence-corrected chi connectivity index (χ3v) is 2.92. The molecule has 0 bridgehead atoms. The molecule has 8 heteroatoms. The molecule has 1 aromatic heterocycles. The number of aromatic nitrogens is 1. The molecule has 1 rings (SSSR count). The van der Waals surface area contributed by atoms with Crippen molar-refractivity contribution in [2.75, 3.05) is 7.11 Å². The molecule has 6 nitrogen and oxygen atoms in total. The normalized spacial score (nSPS) is 10.6. The van der Waals surface area contributed by atoms with Crippen molar-refractivity contribution >= 4 is 25.7 Å². The van der Waals surface area contributed by atoms with E-state index in [4.69, 9.17) is 15.9 Å². The Hall–Kier alpha value is -1.65. The minimum Gasteiger partial charge on any atom is -0.464 e. The van der Waals surface area contributed by atoms with Gasteiger partial charge in [-0.05, 0) is 12.1 Å². The lowest BCUT2D eigenvalue weighted by molar-refractivity contribution is 0.0593. The van der Waals surface area contributed by atoms with Crippen LogP contribution >= 0.6 is 10.7 Å². The van der Waals surface area contributed by atoms with E-state index in [9.17, 15) is 13.2 Å². The maximum Gasteiger partial charge on any atom is 0.356 e. The summed E-state index contributed by atoms with van der Waals surface area (Å²) in [6.07, 6.45) is 0. The largest absolute Gasteiger partial charge is 0.464 e. The summed E-state index contributed by atoms with van der Waals surface area (Å²) in [4.78, 5) is 14.3. The molecular weight excluding hydrogens is 256 g/mol. The molecule has 0 N–H and O–H groups in total. The highest BCUT2D eigenvalue weighted by atomic mass is 35.7. The minimum absolute atomic E-state index is 0.234. The first kappa shape index (κ1) is 12.4. The van der Waals surface area contributed by atoms with Gasteiger partial charge in [0.1, 0.15) is 11.8 Å². The Balaban J connectivity index is 3.46. The Labute approximate surface area is 95.8 Å². The Morgan fingerprint density at radius 3 is 2.62 bits per heavy atom. The predicted molar refractivity (Wildman–Crippen MR) is 53.3 cm³/mol. The van der Waals surface area contributed by atoms with Gasteiger partial charge in [-0.25, -0.2) is 18.2 Å². The molecule has 0 aliphatic rings. The fraction of sp³-hybridized carbons (Fsp3) is 0.125. The highest BCUT2D eigenvalue weighted by Crippen LogP contribution is 2.17. The van der Waals surface area contributed by atoms with Crippen LogP contribution in [0.2, 0.25) is 0 Å². The van der Waals surface area contributed by atoms with Gasteiger partial charge in [0.25, 0.3) is 9.05 Å². The highest BCUT2D eigenvalue weighted by Gasteiger charge is 2.17. The topological polar surface area (TPSA) is 97.1 Å². The van der Waals surface area contributed by atoms with Crippen LogP contribution in [-0.4, -0.2) is 26.5 Å². The number of methoxy groups -OCH3 is 1. The molecule has 0 saturated carbocycles. The molecule has 0 aliphatic heterocycles. The lowest BCUT2D eigenvalue weighted by atomic mass is 10.3. The number of pyridine rings is 1. The van der Waals surface area contributed by atoms with E-state index in [-0.39, 0.29) is 16.3 Å². The fourth-order valence-electron chi connectivity index (χ4n) is 0.913. The van der Waals surface area contributed by atoms with E-state index in [0.717, 1.165) is 19.2 Å². The number of esters is 1. The summed E-state index contributed by atoms with van der Waals surface area (Å²) in [6.45, 7) is 0. The molecule has 1 aromatic rings. The number of rotatable bonds is 2. The fourth-order valence-corrected chi connectivity index (χ4v) is 1.68. The van der Waals surface area contributed by atoms with Crippen LogP contribution < -0.4 is 0 Å². The molecule has 0 radical (unpaired) electrons.